The molecule has 1 rings (SSSR count). The van der Waals surface area contributed by atoms with E-state index in [0.29, 0.717) is 6.07 Å². The molecule has 7 heteroatoms. The normalized spacial score (nSPS) is 8.86. The second kappa shape index (κ2) is 4.75. The van der Waals surface area contributed by atoms with Crippen LogP contribution in [-0.2, 0) is 22.4 Å². The number of carbonyl (C=O) groups is 2. The molecule has 0 aromatic carbocycles. The van der Waals surface area contributed by atoms with Crippen LogP contribution in [0, 0.1) is 0 Å². The summed E-state index contributed by atoms with van der Waals surface area (Å²) in [5.74, 6) is -3.56. The maximum atomic E-state index is 10.6. The third-order valence-corrected chi connectivity index (χ3v) is 1.23. The Morgan fingerprint density at radius 3 is 2.14 bits per heavy atom. The molecule has 0 aliphatic carbocycles. The minimum atomic E-state index is -1.49. The Labute approximate surface area is 92.7 Å². The Morgan fingerprint density at radius 2 is 1.71 bits per heavy atom. The van der Waals surface area contributed by atoms with E-state index in [-0.39, 0.29) is 22.4 Å². The predicted octanol–water partition coefficient (Wildman–Crippen LogP) is 0.0337. The maximum Gasteiger partial charge on any atom is 1.00 e. The van der Waals surface area contributed by atoms with Gasteiger partial charge in [-0.25, -0.2) is 14.4 Å². The van der Waals surface area contributed by atoms with Gasteiger partial charge in [-0.05, 0) is 0 Å². The molecule has 1 heterocycles. The minimum absolute atomic E-state index is 0. The van der Waals surface area contributed by atoms with Crippen LogP contribution in [0.25, 0.3) is 0 Å². The number of carboxylic acid groups (broad SMARTS) is 2. The van der Waals surface area contributed by atoms with Gasteiger partial charge in [-0.15, -0.1) is 0 Å². The summed E-state index contributed by atoms with van der Waals surface area (Å²) in [5, 5.41) is 16.8. The molecule has 0 bridgehead atoms. The molecule has 0 saturated carbocycles. The van der Waals surface area contributed by atoms with Gasteiger partial charge in [0.2, 0.25) is 5.76 Å². The maximum absolute atomic E-state index is 10.6. The first-order valence-electron chi connectivity index (χ1n) is 3.12. The van der Waals surface area contributed by atoms with Crippen molar-refractivity contribution in [2.24, 2.45) is 0 Å². The fourth-order valence-electron chi connectivity index (χ4n) is 0.706. The minimum Gasteiger partial charge on any atom is -0.478 e. The standard InChI is InChI=1S/C7H4O6.Ag/c8-5-2-3(6(9)10)1-4(13-5)7(11)12;/h1-2H,(H,9,10)(H,11,12);/q;+1. The molecule has 14 heavy (non-hydrogen) atoms. The summed E-state index contributed by atoms with van der Waals surface area (Å²) in [4.78, 5) is 31.3. The van der Waals surface area contributed by atoms with E-state index in [4.69, 9.17) is 10.2 Å². The van der Waals surface area contributed by atoms with E-state index < -0.39 is 28.9 Å². The van der Waals surface area contributed by atoms with Crippen LogP contribution < -0.4 is 5.63 Å². The van der Waals surface area contributed by atoms with Crippen molar-refractivity contribution in [1.29, 1.82) is 0 Å². The Hall–Kier alpha value is -1.37. The van der Waals surface area contributed by atoms with Gasteiger partial charge >= 0.3 is 39.9 Å². The van der Waals surface area contributed by atoms with Crippen LogP contribution in [0.4, 0.5) is 0 Å². The molecule has 1 aromatic heterocycles. The Balaban J connectivity index is 0.00000169. The summed E-state index contributed by atoms with van der Waals surface area (Å²) in [7, 11) is 0. The molecule has 0 aliphatic heterocycles. The molecule has 0 aliphatic rings. The van der Waals surface area contributed by atoms with Gasteiger partial charge in [0.1, 0.15) is 0 Å². The summed E-state index contributed by atoms with van der Waals surface area (Å²) in [6, 6.07) is 1.47. The zero-order valence-corrected chi connectivity index (χ0v) is 7.97. The summed E-state index contributed by atoms with van der Waals surface area (Å²) in [5.41, 5.74) is -1.41. The fraction of sp³-hybridized carbons (Fsp3) is 0. The Bertz CT molecular complexity index is 385. The van der Waals surface area contributed by atoms with Gasteiger partial charge < -0.3 is 14.6 Å². The van der Waals surface area contributed by atoms with Crippen molar-refractivity contribution in [2.75, 3.05) is 0 Å². The molecule has 0 unspecified atom stereocenters. The van der Waals surface area contributed by atoms with Gasteiger partial charge in [0, 0.05) is 12.1 Å². The number of hydrogen-bond donors (Lipinski definition) is 2. The smallest absolute Gasteiger partial charge is 0.478 e. The predicted molar refractivity (Wildman–Crippen MR) is 38.9 cm³/mol. The summed E-state index contributed by atoms with van der Waals surface area (Å²) in [6.45, 7) is 0. The van der Waals surface area contributed by atoms with E-state index in [1.54, 1.807) is 0 Å². The molecule has 0 fully saturated rings. The van der Waals surface area contributed by atoms with Gasteiger partial charge in [-0.3, -0.25) is 0 Å². The summed E-state index contributed by atoms with van der Waals surface area (Å²) < 4.78 is 4.21. The zero-order chi connectivity index (χ0) is 10.0. The number of rotatable bonds is 2. The number of hydrogen-bond acceptors (Lipinski definition) is 4. The van der Waals surface area contributed by atoms with Gasteiger partial charge in [0.25, 0.3) is 0 Å². The SMILES string of the molecule is O=C(O)c1cc(C(=O)O)oc(=O)c1.[Ag+]. The van der Waals surface area contributed by atoms with Crippen molar-refractivity contribution in [3.05, 3.63) is 33.9 Å². The van der Waals surface area contributed by atoms with Gasteiger partial charge in [-0.1, -0.05) is 0 Å². The van der Waals surface area contributed by atoms with Crippen LogP contribution in [0.5, 0.6) is 0 Å². The van der Waals surface area contributed by atoms with E-state index in [9.17, 15) is 14.4 Å². The van der Waals surface area contributed by atoms with E-state index in [2.05, 4.69) is 4.42 Å². The quantitative estimate of drug-likeness (QED) is 0.745. The molecule has 0 saturated heterocycles. The van der Waals surface area contributed by atoms with Gasteiger partial charge in [-0.2, -0.15) is 0 Å². The molecule has 0 amide bonds. The second-order valence-corrected chi connectivity index (χ2v) is 2.14. The van der Waals surface area contributed by atoms with Crippen LogP contribution >= 0.6 is 0 Å². The van der Waals surface area contributed by atoms with Crippen molar-refractivity contribution < 1.29 is 46.6 Å². The van der Waals surface area contributed by atoms with Crippen molar-refractivity contribution >= 4 is 11.9 Å². The van der Waals surface area contributed by atoms with Gasteiger partial charge in [0.05, 0.1) is 5.56 Å². The van der Waals surface area contributed by atoms with Gasteiger partial charge in [0.15, 0.2) is 0 Å². The molecule has 1 aromatic rings. The van der Waals surface area contributed by atoms with E-state index in [1.165, 1.54) is 0 Å². The third-order valence-electron chi connectivity index (χ3n) is 1.23. The number of carboxylic acids is 2. The third kappa shape index (κ3) is 2.84. The van der Waals surface area contributed by atoms with Crippen LogP contribution in [0.15, 0.2) is 21.3 Å². The van der Waals surface area contributed by atoms with Crippen molar-refractivity contribution in [3.8, 4) is 0 Å². The van der Waals surface area contributed by atoms with E-state index in [1.807, 2.05) is 0 Å². The number of aromatic carboxylic acids is 2. The monoisotopic (exact) mass is 291 g/mol. The molecule has 0 radical (unpaired) electrons. The average molecular weight is 292 g/mol. The first-order valence-corrected chi connectivity index (χ1v) is 3.12. The average Bonchev–Trinajstić information content (AvgIpc) is 2.03. The molecule has 6 nitrogen and oxygen atoms in total. The van der Waals surface area contributed by atoms with Crippen molar-refractivity contribution in [2.45, 2.75) is 0 Å². The van der Waals surface area contributed by atoms with Crippen LogP contribution in [0.3, 0.4) is 0 Å². The molecule has 2 N–H and O–H groups in total. The van der Waals surface area contributed by atoms with Crippen molar-refractivity contribution in [1.82, 2.24) is 0 Å². The van der Waals surface area contributed by atoms with E-state index in [0.717, 1.165) is 6.07 Å². The van der Waals surface area contributed by atoms with Crippen LogP contribution in [0.2, 0.25) is 0 Å². The largest absolute Gasteiger partial charge is 1.00 e. The molecule has 0 spiro atoms. The summed E-state index contributed by atoms with van der Waals surface area (Å²) in [6.07, 6.45) is 0. The molecular formula is C7H4AgO6+. The second-order valence-electron chi connectivity index (χ2n) is 2.14. The first kappa shape index (κ1) is 12.6. The first-order chi connectivity index (χ1) is 6.00. The Morgan fingerprint density at radius 1 is 1.14 bits per heavy atom. The molecule has 78 valence electrons. The Kier molecular flexibility index (Phi) is 4.29. The van der Waals surface area contributed by atoms with E-state index >= 15 is 0 Å². The molecular weight excluding hydrogens is 288 g/mol. The zero-order valence-electron chi connectivity index (χ0n) is 6.48. The topological polar surface area (TPSA) is 105 Å². The fourth-order valence-corrected chi connectivity index (χ4v) is 0.706. The molecule has 0 atom stereocenters. The summed E-state index contributed by atoms with van der Waals surface area (Å²) >= 11 is 0. The van der Waals surface area contributed by atoms with Crippen molar-refractivity contribution in [3.63, 3.8) is 0 Å². The van der Waals surface area contributed by atoms with Crippen LogP contribution in [-0.4, -0.2) is 22.2 Å². The van der Waals surface area contributed by atoms with Crippen LogP contribution in [0.1, 0.15) is 20.9 Å².